The van der Waals surface area contributed by atoms with Gasteiger partial charge in [-0.15, -0.1) is 11.3 Å². The van der Waals surface area contributed by atoms with Crippen LogP contribution in [0.3, 0.4) is 0 Å². The molecule has 2 rings (SSSR count). The molecule has 0 fully saturated rings. The molecule has 0 aliphatic heterocycles. The maximum absolute atomic E-state index is 12.8. The van der Waals surface area contributed by atoms with E-state index in [0.29, 0.717) is 12.4 Å². The number of pyridine rings is 1. The van der Waals surface area contributed by atoms with Crippen LogP contribution in [0.4, 0.5) is 10.2 Å². The van der Waals surface area contributed by atoms with Gasteiger partial charge in [-0.3, -0.25) is 0 Å². The Morgan fingerprint density at radius 1 is 1.50 bits per heavy atom. The van der Waals surface area contributed by atoms with Crippen molar-refractivity contribution < 1.29 is 4.39 Å². The molecule has 0 radical (unpaired) electrons. The van der Waals surface area contributed by atoms with Crippen molar-refractivity contribution in [3.63, 3.8) is 0 Å². The molecule has 0 bridgehead atoms. The summed E-state index contributed by atoms with van der Waals surface area (Å²) in [7, 11) is 0. The Balaban J connectivity index is 2.02. The lowest BCUT2D eigenvalue weighted by Crippen LogP contribution is -2.00. The van der Waals surface area contributed by atoms with Crippen LogP contribution in [0.1, 0.15) is 9.75 Å². The molecular weight excluding hydrogens is 291 g/mol. The number of hydrogen-bond donors (Lipinski definition) is 1. The molecule has 0 spiro atoms. The zero-order valence-corrected chi connectivity index (χ0v) is 11.0. The summed E-state index contributed by atoms with van der Waals surface area (Å²) in [6.07, 6.45) is 0. The van der Waals surface area contributed by atoms with Crippen molar-refractivity contribution in [2.24, 2.45) is 0 Å². The molecule has 2 aromatic rings. The molecule has 16 heavy (non-hydrogen) atoms. The third-order valence-corrected chi connectivity index (χ3v) is 4.20. The van der Waals surface area contributed by atoms with Gasteiger partial charge >= 0.3 is 0 Å². The SMILES string of the molecule is Cc1sc(CNc2cccc(F)n2)cc1Br. The lowest BCUT2D eigenvalue weighted by atomic mass is 10.4. The van der Waals surface area contributed by atoms with Crippen LogP contribution in [0.15, 0.2) is 28.7 Å². The minimum atomic E-state index is -0.464. The van der Waals surface area contributed by atoms with Gasteiger partial charge in [0.2, 0.25) is 5.95 Å². The number of hydrogen-bond acceptors (Lipinski definition) is 3. The zero-order valence-electron chi connectivity index (χ0n) is 8.63. The van der Waals surface area contributed by atoms with Crippen LogP contribution in [0, 0.1) is 12.9 Å². The minimum Gasteiger partial charge on any atom is -0.365 e. The Labute approximate surface area is 106 Å². The fourth-order valence-electron chi connectivity index (χ4n) is 1.29. The molecule has 0 unspecified atom stereocenters. The van der Waals surface area contributed by atoms with E-state index in [2.05, 4.69) is 39.2 Å². The Morgan fingerprint density at radius 2 is 2.31 bits per heavy atom. The fraction of sp³-hybridized carbons (Fsp3) is 0.182. The first-order valence-corrected chi connectivity index (χ1v) is 6.37. The van der Waals surface area contributed by atoms with Gasteiger partial charge in [0.05, 0.1) is 6.54 Å². The lowest BCUT2D eigenvalue weighted by Gasteiger charge is -2.02. The predicted molar refractivity (Wildman–Crippen MR) is 68.3 cm³/mol. The second-order valence-corrected chi connectivity index (χ2v) is 5.51. The first-order chi connectivity index (χ1) is 7.65. The topological polar surface area (TPSA) is 24.9 Å². The molecule has 0 aromatic carbocycles. The van der Waals surface area contributed by atoms with Crippen molar-refractivity contribution in [1.29, 1.82) is 0 Å². The molecule has 5 heteroatoms. The zero-order chi connectivity index (χ0) is 11.5. The largest absolute Gasteiger partial charge is 0.365 e. The van der Waals surface area contributed by atoms with Gasteiger partial charge in [-0.1, -0.05) is 6.07 Å². The quantitative estimate of drug-likeness (QED) is 0.868. The number of aromatic nitrogens is 1. The monoisotopic (exact) mass is 300 g/mol. The summed E-state index contributed by atoms with van der Waals surface area (Å²) in [5, 5.41) is 3.08. The predicted octanol–water partition coefficient (Wildman–Crippen LogP) is 3.97. The van der Waals surface area contributed by atoms with E-state index < -0.39 is 5.95 Å². The normalized spacial score (nSPS) is 10.4. The van der Waals surface area contributed by atoms with Crippen molar-refractivity contribution >= 4 is 33.1 Å². The van der Waals surface area contributed by atoms with E-state index in [0.717, 1.165) is 4.47 Å². The van der Waals surface area contributed by atoms with E-state index in [1.807, 2.05) is 0 Å². The molecule has 2 aromatic heterocycles. The van der Waals surface area contributed by atoms with Gasteiger partial charge in [0.1, 0.15) is 5.82 Å². The van der Waals surface area contributed by atoms with Gasteiger partial charge in [-0.2, -0.15) is 4.39 Å². The molecule has 0 aliphatic rings. The van der Waals surface area contributed by atoms with Crippen LogP contribution in [-0.4, -0.2) is 4.98 Å². The van der Waals surface area contributed by atoms with E-state index >= 15 is 0 Å². The first kappa shape index (κ1) is 11.5. The van der Waals surface area contributed by atoms with Gasteiger partial charge in [-0.05, 0) is 41.1 Å². The van der Waals surface area contributed by atoms with E-state index in [4.69, 9.17) is 0 Å². The number of aryl methyl sites for hydroxylation is 1. The van der Waals surface area contributed by atoms with Gasteiger partial charge in [0.15, 0.2) is 0 Å². The number of nitrogens with one attached hydrogen (secondary N) is 1. The van der Waals surface area contributed by atoms with Crippen molar-refractivity contribution in [1.82, 2.24) is 4.98 Å². The van der Waals surface area contributed by atoms with Gasteiger partial charge in [0.25, 0.3) is 0 Å². The van der Waals surface area contributed by atoms with Crippen LogP contribution in [0.25, 0.3) is 0 Å². The average Bonchev–Trinajstić information content (AvgIpc) is 2.56. The maximum atomic E-state index is 12.8. The molecule has 84 valence electrons. The molecule has 0 saturated carbocycles. The third kappa shape index (κ3) is 2.80. The molecule has 2 heterocycles. The number of halogens is 2. The maximum Gasteiger partial charge on any atom is 0.214 e. The highest BCUT2D eigenvalue weighted by Crippen LogP contribution is 2.26. The first-order valence-electron chi connectivity index (χ1n) is 4.76. The minimum absolute atomic E-state index is 0.464. The number of thiophene rings is 1. The van der Waals surface area contributed by atoms with Crippen LogP contribution in [-0.2, 0) is 6.54 Å². The second-order valence-electron chi connectivity index (χ2n) is 3.32. The third-order valence-electron chi connectivity index (χ3n) is 2.07. The molecule has 0 aliphatic carbocycles. The summed E-state index contributed by atoms with van der Waals surface area (Å²) < 4.78 is 13.9. The highest BCUT2D eigenvalue weighted by Gasteiger charge is 2.03. The summed E-state index contributed by atoms with van der Waals surface area (Å²) in [5.74, 6) is 0.0933. The smallest absolute Gasteiger partial charge is 0.214 e. The summed E-state index contributed by atoms with van der Waals surface area (Å²) in [6.45, 7) is 2.71. The Bertz CT molecular complexity index is 479. The molecule has 0 amide bonds. The second kappa shape index (κ2) is 4.93. The summed E-state index contributed by atoms with van der Waals surface area (Å²) >= 11 is 5.17. The number of anilines is 1. The highest BCUT2D eigenvalue weighted by atomic mass is 79.9. The van der Waals surface area contributed by atoms with E-state index in [-0.39, 0.29) is 0 Å². The van der Waals surface area contributed by atoms with Crippen molar-refractivity contribution in [2.75, 3.05) is 5.32 Å². The molecule has 2 nitrogen and oxygen atoms in total. The summed E-state index contributed by atoms with van der Waals surface area (Å²) in [6, 6.07) is 6.78. The van der Waals surface area contributed by atoms with Gasteiger partial charge in [-0.25, -0.2) is 4.98 Å². The van der Waals surface area contributed by atoms with E-state index in [9.17, 15) is 4.39 Å². The molecule has 1 N–H and O–H groups in total. The van der Waals surface area contributed by atoms with Gasteiger partial charge < -0.3 is 5.32 Å². The van der Waals surface area contributed by atoms with E-state index in [1.165, 1.54) is 15.8 Å². The van der Waals surface area contributed by atoms with Crippen LogP contribution in [0.2, 0.25) is 0 Å². The van der Waals surface area contributed by atoms with Crippen LogP contribution >= 0.6 is 27.3 Å². The highest BCUT2D eigenvalue weighted by molar-refractivity contribution is 9.10. The van der Waals surface area contributed by atoms with Crippen molar-refractivity contribution in [3.8, 4) is 0 Å². The summed E-state index contributed by atoms with van der Waals surface area (Å²) in [5.41, 5.74) is 0. The lowest BCUT2D eigenvalue weighted by molar-refractivity contribution is 0.585. The standard InChI is InChI=1S/C11H10BrFN2S/c1-7-9(12)5-8(16-7)6-14-11-4-2-3-10(13)15-11/h2-5H,6H2,1H3,(H,14,15). The van der Waals surface area contributed by atoms with Crippen molar-refractivity contribution in [3.05, 3.63) is 44.4 Å². The molecule has 0 saturated heterocycles. The summed E-state index contributed by atoms with van der Waals surface area (Å²) in [4.78, 5) is 6.16. The van der Waals surface area contributed by atoms with Crippen LogP contribution in [0.5, 0.6) is 0 Å². The fourth-order valence-corrected chi connectivity index (χ4v) is 2.83. The van der Waals surface area contributed by atoms with E-state index in [1.54, 1.807) is 23.5 Å². The van der Waals surface area contributed by atoms with Crippen molar-refractivity contribution in [2.45, 2.75) is 13.5 Å². The Kier molecular flexibility index (Phi) is 3.56. The average molecular weight is 301 g/mol. The van der Waals surface area contributed by atoms with Crippen LogP contribution < -0.4 is 5.32 Å². The Hall–Kier alpha value is -0.940. The molecule has 0 atom stereocenters. The Morgan fingerprint density at radius 3 is 2.94 bits per heavy atom. The number of rotatable bonds is 3. The van der Waals surface area contributed by atoms with Gasteiger partial charge in [0, 0.05) is 14.2 Å². The molecular formula is C11H10BrFN2S. The number of nitrogens with zero attached hydrogens (tertiary/aromatic N) is 1.